The van der Waals surface area contributed by atoms with Gasteiger partial charge in [-0.05, 0) is 6.08 Å². The molecule has 0 aliphatic heterocycles. The van der Waals surface area contributed by atoms with Gasteiger partial charge in [0.25, 0.3) is 0 Å². The van der Waals surface area contributed by atoms with Crippen LogP contribution < -0.4 is 0 Å². The van der Waals surface area contributed by atoms with Crippen LogP contribution in [0.3, 0.4) is 0 Å². The zero-order chi connectivity index (χ0) is 6.57. The zero-order valence-corrected chi connectivity index (χ0v) is 3.98. The summed E-state index contributed by atoms with van der Waals surface area (Å²) in [6, 6.07) is 0. The van der Waals surface area contributed by atoms with Crippen molar-refractivity contribution in [2.24, 2.45) is 0 Å². The van der Waals surface area contributed by atoms with Crippen LogP contribution in [0.15, 0.2) is 12.2 Å². The first-order valence-electron chi connectivity index (χ1n) is 1.90. The van der Waals surface area contributed by atoms with E-state index in [2.05, 4.69) is 0 Å². The van der Waals surface area contributed by atoms with Gasteiger partial charge in [0.1, 0.15) is 0 Å². The molecule has 4 nitrogen and oxygen atoms in total. The van der Waals surface area contributed by atoms with Crippen molar-refractivity contribution in [3.63, 3.8) is 0 Å². The van der Waals surface area contributed by atoms with Crippen molar-refractivity contribution < 1.29 is 20.1 Å². The fraction of sp³-hybridized carbons (Fsp3) is 0.250. The first kappa shape index (κ1) is 7.13. The van der Waals surface area contributed by atoms with Crippen LogP contribution >= 0.6 is 0 Å². The summed E-state index contributed by atoms with van der Waals surface area (Å²) in [6.07, 6.45) is -0.265. The van der Waals surface area contributed by atoms with Crippen LogP contribution in [0.4, 0.5) is 0 Å². The van der Waals surface area contributed by atoms with Gasteiger partial charge in [-0.15, -0.1) is 0 Å². The van der Waals surface area contributed by atoms with E-state index >= 15 is 0 Å². The Morgan fingerprint density at radius 3 is 2.12 bits per heavy atom. The Hall–Kier alpha value is -0.870. The number of carboxylic acid groups (broad SMARTS) is 1. The molecular formula is C4H6O4. The summed E-state index contributed by atoms with van der Waals surface area (Å²) in [5.74, 6) is -1.20. The van der Waals surface area contributed by atoms with Gasteiger partial charge >= 0.3 is 5.97 Å². The number of aliphatic carboxylic acids is 1. The monoisotopic (exact) mass is 118 g/mol. The molecule has 4 heteroatoms. The summed E-state index contributed by atoms with van der Waals surface area (Å²) in [4.78, 5) is 9.59. The van der Waals surface area contributed by atoms with Gasteiger partial charge in [0.15, 0.2) is 6.29 Å². The summed E-state index contributed by atoms with van der Waals surface area (Å²) < 4.78 is 0. The number of hydrogen-bond acceptors (Lipinski definition) is 3. The molecule has 0 atom stereocenters. The maximum absolute atomic E-state index is 9.59. The Morgan fingerprint density at radius 1 is 1.50 bits per heavy atom. The number of aliphatic hydroxyl groups is 2. The maximum atomic E-state index is 9.59. The van der Waals surface area contributed by atoms with Crippen LogP contribution in [0.1, 0.15) is 0 Å². The highest BCUT2D eigenvalue weighted by Gasteiger charge is 1.88. The van der Waals surface area contributed by atoms with E-state index in [1.54, 1.807) is 0 Å². The van der Waals surface area contributed by atoms with E-state index in [-0.39, 0.29) is 0 Å². The van der Waals surface area contributed by atoms with E-state index in [0.717, 1.165) is 6.08 Å². The fourth-order valence-corrected chi connectivity index (χ4v) is 0.168. The standard InChI is InChI=1S/C4H6O4/c5-3(6)1-2-4(7)8/h1-3,5-6H,(H,7,8)/b2-1+. The molecule has 0 aromatic heterocycles. The SMILES string of the molecule is O=C(O)/C=C/C(O)O. The molecule has 0 saturated heterocycles. The van der Waals surface area contributed by atoms with E-state index in [0.29, 0.717) is 6.08 Å². The zero-order valence-electron chi connectivity index (χ0n) is 3.98. The quantitative estimate of drug-likeness (QED) is 0.319. The van der Waals surface area contributed by atoms with Gasteiger partial charge in [-0.3, -0.25) is 0 Å². The molecule has 0 amide bonds. The highest BCUT2D eigenvalue weighted by Crippen LogP contribution is 1.77. The number of carboxylic acids is 1. The summed E-state index contributed by atoms with van der Waals surface area (Å²) in [7, 11) is 0. The third-order valence-corrected chi connectivity index (χ3v) is 0.411. The van der Waals surface area contributed by atoms with Crippen LogP contribution in [0.2, 0.25) is 0 Å². The highest BCUT2D eigenvalue weighted by molar-refractivity contribution is 5.79. The van der Waals surface area contributed by atoms with Crippen LogP contribution in [-0.4, -0.2) is 27.6 Å². The molecule has 0 saturated carbocycles. The van der Waals surface area contributed by atoms with Crippen LogP contribution in [0, 0.1) is 0 Å². The highest BCUT2D eigenvalue weighted by atomic mass is 16.5. The van der Waals surface area contributed by atoms with Crippen molar-refractivity contribution in [2.45, 2.75) is 6.29 Å². The minimum absolute atomic E-state index is 0.657. The average Bonchev–Trinajstić information content (AvgIpc) is 1.61. The molecule has 0 aromatic carbocycles. The molecule has 8 heavy (non-hydrogen) atoms. The van der Waals surface area contributed by atoms with E-state index in [4.69, 9.17) is 15.3 Å². The summed E-state index contributed by atoms with van der Waals surface area (Å²) in [6.45, 7) is 0. The van der Waals surface area contributed by atoms with Crippen LogP contribution in [0.5, 0.6) is 0 Å². The molecule has 0 spiro atoms. The summed E-state index contributed by atoms with van der Waals surface area (Å²) in [5, 5.41) is 23.9. The summed E-state index contributed by atoms with van der Waals surface area (Å²) >= 11 is 0. The van der Waals surface area contributed by atoms with Gasteiger partial charge in [-0.1, -0.05) is 0 Å². The molecule has 0 fully saturated rings. The first-order valence-corrected chi connectivity index (χ1v) is 1.90. The second kappa shape index (κ2) is 3.17. The molecule has 3 N–H and O–H groups in total. The maximum Gasteiger partial charge on any atom is 0.328 e. The lowest BCUT2D eigenvalue weighted by molar-refractivity contribution is -0.131. The molecule has 0 unspecified atom stereocenters. The smallest absolute Gasteiger partial charge is 0.328 e. The second-order valence-corrected chi connectivity index (χ2v) is 1.11. The van der Waals surface area contributed by atoms with E-state index in [1.807, 2.05) is 0 Å². The Bertz CT molecular complexity index is 105. The normalized spacial score (nSPS) is 10.9. The van der Waals surface area contributed by atoms with Gasteiger partial charge < -0.3 is 15.3 Å². The van der Waals surface area contributed by atoms with Gasteiger partial charge in [-0.2, -0.15) is 0 Å². The van der Waals surface area contributed by atoms with Gasteiger partial charge in [-0.25, -0.2) is 4.79 Å². The van der Waals surface area contributed by atoms with E-state index in [1.165, 1.54) is 0 Å². The van der Waals surface area contributed by atoms with Crippen molar-refractivity contribution in [1.29, 1.82) is 0 Å². The third kappa shape index (κ3) is 5.13. The number of aliphatic hydroxyl groups excluding tert-OH is 1. The molecule has 0 heterocycles. The Labute approximate surface area is 45.7 Å². The van der Waals surface area contributed by atoms with Crippen molar-refractivity contribution >= 4 is 5.97 Å². The van der Waals surface area contributed by atoms with Gasteiger partial charge in [0.05, 0.1) is 0 Å². The van der Waals surface area contributed by atoms with Crippen molar-refractivity contribution in [2.75, 3.05) is 0 Å². The Kier molecular flexibility index (Phi) is 2.83. The predicted octanol–water partition coefficient (Wildman–Crippen LogP) is -1.06. The number of carbonyl (C=O) groups is 1. The topological polar surface area (TPSA) is 77.8 Å². The van der Waals surface area contributed by atoms with Crippen molar-refractivity contribution in [1.82, 2.24) is 0 Å². The molecule has 46 valence electrons. The molecule has 0 aromatic rings. The minimum Gasteiger partial charge on any atom is -0.478 e. The molecule has 0 radical (unpaired) electrons. The van der Waals surface area contributed by atoms with Crippen molar-refractivity contribution in [3.8, 4) is 0 Å². The molecule has 0 rings (SSSR count). The molecule has 0 aliphatic rings. The predicted molar refractivity (Wildman–Crippen MR) is 25.0 cm³/mol. The van der Waals surface area contributed by atoms with Crippen LogP contribution in [-0.2, 0) is 4.79 Å². The lowest BCUT2D eigenvalue weighted by atomic mass is 10.5. The fourth-order valence-electron chi connectivity index (χ4n) is 0.168. The van der Waals surface area contributed by atoms with E-state index < -0.39 is 12.3 Å². The van der Waals surface area contributed by atoms with E-state index in [9.17, 15) is 4.79 Å². The molecule has 0 aliphatic carbocycles. The van der Waals surface area contributed by atoms with Crippen LogP contribution in [0.25, 0.3) is 0 Å². The summed E-state index contributed by atoms with van der Waals surface area (Å²) in [5.41, 5.74) is 0. The third-order valence-electron chi connectivity index (χ3n) is 0.411. The molecule has 0 bridgehead atoms. The van der Waals surface area contributed by atoms with Gasteiger partial charge in [0, 0.05) is 6.08 Å². The van der Waals surface area contributed by atoms with Gasteiger partial charge in [0.2, 0.25) is 0 Å². The second-order valence-electron chi connectivity index (χ2n) is 1.11. The number of hydrogen-bond donors (Lipinski definition) is 3. The Balaban J connectivity index is 3.50. The largest absolute Gasteiger partial charge is 0.478 e. The number of rotatable bonds is 2. The molecular weight excluding hydrogens is 112 g/mol. The first-order chi connectivity index (χ1) is 3.63. The Morgan fingerprint density at radius 2 is 2.00 bits per heavy atom. The average molecular weight is 118 g/mol. The minimum atomic E-state index is -1.67. The van der Waals surface area contributed by atoms with Crippen molar-refractivity contribution in [3.05, 3.63) is 12.2 Å². The lowest BCUT2D eigenvalue weighted by Gasteiger charge is -1.88. The lowest BCUT2D eigenvalue weighted by Crippen LogP contribution is -1.99.